The maximum atomic E-state index is 13.6. The first-order valence-electron chi connectivity index (χ1n) is 14.6. The maximum Gasteiger partial charge on any atom is 0.396 e. The van der Waals surface area contributed by atoms with Crippen molar-refractivity contribution in [1.29, 1.82) is 0 Å². The molecule has 12 heteroatoms. The summed E-state index contributed by atoms with van der Waals surface area (Å²) in [5, 5.41) is 3.65. The second-order valence-corrected chi connectivity index (χ2v) is 13.5. The summed E-state index contributed by atoms with van der Waals surface area (Å²) in [5.41, 5.74) is 4.91. The average molecular weight is 609 g/mol. The van der Waals surface area contributed by atoms with Crippen molar-refractivity contribution < 1.29 is 32.3 Å². The highest BCUT2D eigenvalue weighted by atomic mass is 32.2. The molecule has 1 aliphatic heterocycles. The number of carbonyl (C=O) groups excluding carboxylic acids is 3. The Morgan fingerprint density at radius 3 is 2.44 bits per heavy atom. The number of hydrogen-bond acceptors (Lipinski definition) is 7. The standard InChI is InChI=1S/C31H36N4O7S/c1-34(2)43(39,40)33-29(36)26-24-20-13-9-8-12-19(20)22-16-21-23(41-3)15-14-18(17-10-6-5-7-11-17)27(21)35(22)28(25(24)26)32-30(37)31(38)42-4/h9,13-17,19,26H,5-8,10-12H2,1-4H3,(H,32,37)(H,33,36). The van der Waals surface area contributed by atoms with Crippen LogP contribution in [0.5, 0.6) is 5.75 Å². The lowest BCUT2D eigenvalue weighted by Gasteiger charge is -2.26. The minimum Gasteiger partial charge on any atom is -0.496 e. The zero-order valence-corrected chi connectivity index (χ0v) is 25.5. The number of fused-ring (bicyclic) bond motifs is 6. The lowest BCUT2D eigenvalue weighted by atomic mass is 9.83. The number of amides is 2. The van der Waals surface area contributed by atoms with E-state index in [0.717, 1.165) is 77.7 Å². The van der Waals surface area contributed by atoms with E-state index in [0.29, 0.717) is 16.9 Å². The fourth-order valence-electron chi connectivity index (χ4n) is 6.93. The SMILES string of the molecule is COC(=O)C(=O)NC1=C2C(=C3C=CCCC3c3cc4c(OC)ccc(C5CCCCC5)c4n31)C2C(=O)NS(=O)(=O)N(C)C. The van der Waals surface area contributed by atoms with Crippen molar-refractivity contribution in [3.8, 4) is 5.75 Å². The fraction of sp³-hybridized carbons (Fsp3) is 0.452. The number of nitrogens with zero attached hydrogens (tertiary/aromatic N) is 2. The van der Waals surface area contributed by atoms with E-state index in [2.05, 4.69) is 22.2 Å². The van der Waals surface area contributed by atoms with Gasteiger partial charge in [-0.2, -0.15) is 12.7 Å². The van der Waals surface area contributed by atoms with Gasteiger partial charge in [-0.1, -0.05) is 37.5 Å². The van der Waals surface area contributed by atoms with Gasteiger partial charge in [-0.3, -0.25) is 14.2 Å². The first kappa shape index (κ1) is 29.2. The van der Waals surface area contributed by atoms with Crippen LogP contribution in [0.15, 0.2) is 47.1 Å². The number of methoxy groups -OCH3 is 2. The van der Waals surface area contributed by atoms with Gasteiger partial charge in [-0.05, 0) is 60.4 Å². The van der Waals surface area contributed by atoms with Crippen molar-refractivity contribution in [2.45, 2.75) is 56.8 Å². The molecular formula is C31H36N4O7S. The van der Waals surface area contributed by atoms with E-state index < -0.39 is 33.9 Å². The average Bonchev–Trinajstić information content (AvgIpc) is 3.65. The molecule has 228 valence electrons. The number of benzene rings is 1. The molecule has 2 saturated carbocycles. The normalized spacial score (nSPS) is 21.6. The highest BCUT2D eigenvalue weighted by molar-refractivity contribution is 7.87. The lowest BCUT2D eigenvalue weighted by molar-refractivity contribution is -0.152. The Labute approximate surface area is 250 Å². The molecule has 11 nitrogen and oxygen atoms in total. The van der Waals surface area contributed by atoms with Gasteiger partial charge in [-0.25, -0.2) is 9.52 Å². The second kappa shape index (κ2) is 11.0. The number of allylic oxidation sites excluding steroid dienone is 3. The van der Waals surface area contributed by atoms with E-state index >= 15 is 0 Å². The van der Waals surface area contributed by atoms with Crippen LogP contribution in [0.3, 0.4) is 0 Å². The molecule has 2 N–H and O–H groups in total. The van der Waals surface area contributed by atoms with Crippen LogP contribution in [0, 0.1) is 5.92 Å². The Bertz CT molecular complexity index is 1740. The molecule has 0 saturated heterocycles. The molecule has 0 radical (unpaired) electrons. The maximum absolute atomic E-state index is 13.6. The summed E-state index contributed by atoms with van der Waals surface area (Å²) in [7, 11) is 1.35. The highest BCUT2D eigenvalue weighted by Gasteiger charge is 2.53. The second-order valence-electron chi connectivity index (χ2n) is 11.7. The van der Waals surface area contributed by atoms with Gasteiger partial charge in [0.15, 0.2) is 0 Å². The molecule has 2 amide bonds. The minimum atomic E-state index is -4.07. The Hall–Kier alpha value is -3.90. The third-order valence-electron chi connectivity index (χ3n) is 9.05. The summed E-state index contributed by atoms with van der Waals surface area (Å²) in [6, 6.07) is 6.15. The molecule has 43 heavy (non-hydrogen) atoms. The molecule has 4 aliphatic rings. The molecule has 0 spiro atoms. The lowest BCUT2D eigenvalue weighted by Crippen LogP contribution is -2.40. The predicted molar refractivity (Wildman–Crippen MR) is 160 cm³/mol. The highest BCUT2D eigenvalue weighted by Crippen LogP contribution is 2.58. The molecule has 2 heterocycles. The quantitative estimate of drug-likeness (QED) is 0.379. The molecule has 2 fully saturated rings. The first-order valence-corrected chi connectivity index (χ1v) is 16.0. The summed E-state index contributed by atoms with van der Waals surface area (Å²) < 4.78 is 40.9. The summed E-state index contributed by atoms with van der Waals surface area (Å²) in [4.78, 5) is 39.1. The predicted octanol–water partition coefficient (Wildman–Crippen LogP) is 3.45. The third-order valence-corrected chi connectivity index (χ3v) is 10.5. The molecule has 1 aromatic carbocycles. The number of hydrogen-bond donors (Lipinski definition) is 2. The molecule has 6 rings (SSSR count). The number of rotatable bonds is 6. The van der Waals surface area contributed by atoms with Crippen LogP contribution < -0.4 is 14.8 Å². The van der Waals surface area contributed by atoms with Gasteiger partial charge in [0.1, 0.15) is 11.6 Å². The van der Waals surface area contributed by atoms with Gasteiger partial charge >= 0.3 is 22.1 Å². The van der Waals surface area contributed by atoms with Gasteiger partial charge < -0.3 is 14.8 Å². The van der Waals surface area contributed by atoms with Crippen molar-refractivity contribution in [1.82, 2.24) is 18.9 Å². The van der Waals surface area contributed by atoms with E-state index in [1.807, 2.05) is 22.8 Å². The summed E-state index contributed by atoms with van der Waals surface area (Å²) in [5.74, 6) is -2.64. The summed E-state index contributed by atoms with van der Waals surface area (Å²) in [6.45, 7) is 0. The molecular weight excluding hydrogens is 572 g/mol. The number of carbonyl (C=O) groups is 3. The first-order chi connectivity index (χ1) is 20.6. The van der Waals surface area contributed by atoms with E-state index in [1.54, 1.807) is 7.11 Å². The Morgan fingerprint density at radius 2 is 1.77 bits per heavy atom. The van der Waals surface area contributed by atoms with E-state index in [9.17, 15) is 22.8 Å². The number of nitrogens with one attached hydrogen (secondary N) is 2. The molecule has 2 aromatic rings. The smallest absolute Gasteiger partial charge is 0.396 e. The molecule has 0 bridgehead atoms. The fourth-order valence-corrected chi connectivity index (χ4v) is 7.48. The van der Waals surface area contributed by atoms with E-state index in [4.69, 9.17) is 9.47 Å². The van der Waals surface area contributed by atoms with Crippen LogP contribution in [0.1, 0.15) is 68.0 Å². The Morgan fingerprint density at radius 1 is 1.02 bits per heavy atom. The van der Waals surface area contributed by atoms with Crippen LogP contribution in [-0.4, -0.2) is 63.4 Å². The van der Waals surface area contributed by atoms with Gasteiger partial charge in [0.05, 0.1) is 25.7 Å². The molecule has 3 aliphatic carbocycles. The van der Waals surface area contributed by atoms with Gasteiger partial charge in [0.2, 0.25) is 5.91 Å². The van der Waals surface area contributed by atoms with Crippen molar-refractivity contribution in [2.75, 3.05) is 28.3 Å². The monoisotopic (exact) mass is 608 g/mol. The number of esters is 1. The molecule has 2 unspecified atom stereocenters. The minimum absolute atomic E-state index is 0.137. The van der Waals surface area contributed by atoms with Crippen molar-refractivity contribution in [2.24, 2.45) is 5.92 Å². The Balaban J connectivity index is 1.64. The van der Waals surface area contributed by atoms with Crippen LogP contribution in [0.25, 0.3) is 16.7 Å². The zero-order chi connectivity index (χ0) is 30.6. The van der Waals surface area contributed by atoms with Gasteiger partial charge in [0, 0.05) is 36.7 Å². The van der Waals surface area contributed by atoms with Crippen LogP contribution in [-0.2, 0) is 29.3 Å². The topological polar surface area (TPSA) is 136 Å². The third kappa shape index (κ3) is 4.86. The summed E-state index contributed by atoms with van der Waals surface area (Å²) >= 11 is 0. The van der Waals surface area contributed by atoms with Crippen molar-refractivity contribution in [3.05, 3.63) is 58.3 Å². The van der Waals surface area contributed by atoms with Crippen molar-refractivity contribution >= 4 is 44.7 Å². The van der Waals surface area contributed by atoms with Gasteiger partial charge in [-0.15, -0.1) is 0 Å². The summed E-state index contributed by atoms with van der Waals surface area (Å²) in [6.07, 6.45) is 11.1. The zero-order valence-electron chi connectivity index (χ0n) is 24.7. The molecule has 1 aromatic heterocycles. The van der Waals surface area contributed by atoms with E-state index in [1.165, 1.54) is 20.5 Å². The van der Waals surface area contributed by atoms with Crippen LogP contribution in [0.4, 0.5) is 0 Å². The van der Waals surface area contributed by atoms with Crippen LogP contribution in [0.2, 0.25) is 0 Å². The number of ether oxygens (including phenoxy) is 2. The van der Waals surface area contributed by atoms with Crippen LogP contribution >= 0.6 is 0 Å². The van der Waals surface area contributed by atoms with Gasteiger partial charge in [0.25, 0.3) is 0 Å². The van der Waals surface area contributed by atoms with E-state index in [-0.39, 0.29) is 17.7 Å². The van der Waals surface area contributed by atoms with Crippen molar-refractivity contribution in [3.63, 3.8) is 0 Å². The Kier molecular flexibility index (Phi) is 7.45. The molecule has 2 atom stereocenters. The number of aromatic nitrogens is 1. The largest absolute Gasteiger partial charge is 0.496 e.